The zero-order valence-corrected chi connectivity index (χ0v) is 13.9. The van der Waals surface area contributed by atoms with E-state index >= 15 is 0 Å². The Morgan fingerprint density at radius 1 is 1.38 bits per heavy atom. The van der Waals surface area contributed by atoms with E-state index in [4.69, 9.17) is 9.47 Å². The average molecular weight is 299 g/mol. The fraction of sp³-hybridized carbons (Fsp3) is 0.812. The summed E-state index contributed by atoms with van der Waals surface area (Å²) in [6.07, 6.45) is 2.77. The van der Waals surface area contributed by atoms with Crippen molar-refractivity contribution in [1.82, 2.24) is 4.90 Å². The number of hydrogen-bond donors (Lipinski definition) is 1. The quantitative estimate of drug-likeness (QED) is 0.640. The number of carbonyl (C=O) groups is 1. The minimum absolute atomic E-state index is 0.240. The third-order valence-electron chi connectivity index (χ3n) is 3.40. The second kappa shape index (κ2) is 7.80. The number of likely N-dealkylation sites (tertiary alicyclic amines) is 1. The lowest BCUT2D eigenvalue weighted by Gasteiger charge is -2.32. The van der Waals surface area contributed by atoms with Gasteiger partial charge in [-0.05, 0) is 59.0 Å². The molecule has 1 amide bonds. The summed E-state index contributed by atoms with van der Waals surface area (Å²) in [5.41, 5.74) is 0.388. The summed E-state index contributed by atoms with van der Waals surface area (Å²) in [6.45, 7) is 11.2. The molecular formula is C16H29NO4. The normalized spacial score (nSPS) is 19.5. The molecule has 1 aliphatic rings. The maximum absolute atomic E-state index is 12.0. The van der Waals surface area contributed by atoms with E-state index in [0.29, 0.717) is 25.6 Å². The van der Waals surface area contributed by atoms with Crippen LogP contribution in [0.15, 0.2) is 11.6 Å². The van der Waals surface area contributed by atoms with E-state index in [1.54, 1.807) is 4.90 Å². The smallest absolute Gasteiger partial charge is 0.410 e. The minimum Gasteiger partial charge on any atom is -0.444 e. The summed E-state index contributed by atoms with van der Waals surface area (Å²) >= 11 is 0. The molecule has 0 aromatic rings. The predicted molar refractivity (Wildman–Crippen MR) is 81.9 cm³/mol. The molecule has 1 aliphatic heterocycles. The zero-order chi connectivity index (χ0) is 16.0. The lowest BCUT2D eigenvalue weighted by atomic mass is 9.94. The van der Waals surface area contributed by atoms with Crippen molar-refractivity contribution < 1.29 is 19.4 Å². The summed E-state index contributed by atoms with van der Waals surface area (Å²) in [6, 6.07) is 0. The third kappa shape index (κ3) is 6.48. The van der Waals surface area contributed by atoms with Crippen molar-refractivity contribution in [3.05, 3.63) is 11.6 Å². The fourth-order valence-electron chi connectivity index (χ4n) is 2.32. The first kappa shape index (κ1) is 18.0. The number of ether oxygens (including phenoxy) is 2. The summed E-state index contributed by atoms with van der Waals surface area (Å²) in [5.74, 6) is 0.374. The number of amides is 1. The average Bonchev–Trinajstić information content (AvgIpc) is 2.37. The number of aliphatic hydroxyl groups is 1. The molecule has 1 rings (SSSR count). The van der Waals surface area contributed by atoms with Crippen LogP contribution in [0.25, 0.3) is 0 Å². The van der Waals surface area contributed by atoms with Crippen molar-refractivity contribution in [3.8, 4) is 0 Å². The Morgan fingerprint density at radius 2 is 1.95 bits per heavy atom. The standard InChI is InChI=1S/C16H29NO4/c1-6-20-14(18)12(2)11-13-7-9-17(10-8-13)15(19)21-16(3,4)5/h11,13-14,18H,6-10H2,1-5H3/b12-11-. The topological polar surface area (TPSA) is 59.0 Å². The number of nitrogens with zero attached hydrogens (tertiary/aromatic N) is 1. The van der Waals surface area contributed by atoms with E-state index < -0.39 is 11.9 Å². The molecule has 1 heterocycles. The Hall–Kier alpha value is -1.07. The van der Waals surface area contributed by atoms with E-state index in [9.17, 15) is 9.90 Å². The van der Waals surface area contributed by atoms with E-state index in [2.05, 4.69) is 6.08 Å². The summed E-state index contributed by atoms with van der Waals surface area (Å²) in [5, 5.41) is 9.74. The van der Waals surface area contributed by atoms with Gasteiger partial charge in [-0.3, -0.25) is 0 Å². The predicted octanol–water partition coefficient (Wildman–Crippen LogP) is 2.93. The molecule has 0 aliphatic carbocycles. The van der Waals surface area contributed by atoms with Gasteiger partial charge in [-0.25, -0.2) is 4.79 Å². The maximum atomic E-state index is 12.0. The molecule has 5 nitrogen and oxygen atoms in total. The van der Waals surface area contributed by atoms with Gasteiger partial charge in [0, 0.05) is 19.7 Å². The summed E-state index contributed by atoms with van der Waals surface area (Å²) < 4.78 is 10.5. The number of hydrogen-bond acceptors (Lipinski definition) is 4. The van der Waals surface area contributed by atoms with Crippen molar-refractivity contribution in [2.45, 2.75) is 59.4 Å². The first-order valence-electron chi connectivity index (χ1n) is 7.69. The Kier molecular flexibility index (Phi) is 6.68. The van der Waals surface area contributed by atoms with Crippen LogP contribution in [-0.2, 0) is 9.47 Å². The van der Waals surface area contributed by atoms with Crippen LogP contribution in [0.2, 0.25) is 0 Å². The molecular weight excluding hydrogens is 270 g/mol. The van der Waals surface area contributed by atoms with Gasteiger partial charge in [0.2, 0.25) is 0 Å². The molecule has 0 aromatic carbocycles. The van der Waals surface area contributed by atoms with Crippen molar-refractivity contribution in [1.29, 1.82) is 0 Å². The monoisotopic (exact) mass is 299 g/mol. The molecule has 1 atom stereocenters. The largest absolute Gasteiger partial charge is 0.444 e. The van der Waals surface area contributed by atoms with Crippen molar-refractivity contribution in [3.63, 3.8) is 0 Å². The molecule has 122 valence electrons. The van der Waals surface area contributed by atoms with Crippen LogP contribution in [0.5, 0.6) is 0 Å². The van der Waals surface area contributed by atoms with Gasteiger partial charge in [0.15, 0.2) is 6.29 Å². The van der Waals surface area contributed by atoms with Crippen LogP contribution in [0.3, 0.4) is 0 Å². The number of rotatable bonds is 4. The molecule has 0 radical (unpaired) electrons. The molecule has 0 bridgehead atoms. The van der Waals surface area contributed by atoms with E-state index in [1.165, 1.54) is 0 Å². The third-order valence-corrected chi connectivity index (χ3v) is 3.40. The van der Waals surface area contributed by atoms with Crippen molar-refractivity contribution in [2.24, 2.45) is 5.92 Å². The molecule has 1 saturated heterocycles. The Labute approximate surface area is 127 Å². The highest BCUT2D eigenvalue weighted by Crippen LogP contribution is 2.22. The van der Waals surface area contributed by atoms with Crippen LogP contribution >= 0.6 is 0 Å². The second-order valence-corrected chi connectivity index (χ2v) is 6.52. The van der Waals surface area contributed by atoms with Crippen molar-refractivity contribution >= 4 is 6.09 Å². The van der Waals surface area contributed by atoms with Crippen LogP contribution in [0.4, 0.5) is 4.79 Å². The minimum atomic E-state index is -0.820. The number of piperidine rings is 1. The molecule has 0 spiro atoms. The second-order valence-electron chi connectivity index (χ2n) is 6.52. The highest BCUT2D eigenvalue weighted by Gasteiger charge is 2.26. The Bertz CT molecular complexity index is 365. The summed E-state index contributed by atoms with van der Waals surface area (Å²) in [7, 11) is 0. The fourth-order valence-corrected chi connectivity index (χ4v) is 2.32. The Morgan fingerprint density at radius 3 is 2.43 bits per heavy atom. The highest BCUT2D eigenvalue weighted by molar-refractivity contribution is 5.68. The van der Waals surface area contributed by atoms with Gasteiger partial charge in [0.25, 0.3) is 0 Å². The maximum Gasteiger partial charge on any atom is 0.410 e. The van der Waals surface area contributed by atoms with Gasteiger partial charge in [-0.1, -0.05) is 6.08 Å². The number of aliphatic hydroxyl groups excluding tert-OH is 1. The number of allylic oxidation sites excluding steroid dienone is 1. The van der Waals surface area contributed by atoms with E-state index in [1.807, 2.05) is 34.6 Å². The Balaban J connectivity index is 2.45. The highest BCUT2D eigenvalue weighted by atomic mass is 16.6. The van der Waals surface area contributed by atoms with Crippen LogP contribution in [-0.4, -0.2) is 47.7 Å². The van der Waals surface area contributed by atoms with Gasteiger partial charge in [-0.2, -0.15) is 0 Å². The molecule has 0 saturated carbocycles. The van der Waals surface area contributed by atoms with Gasteiger partial charge < -0.3 is 19.5 Å². The number of carbonyl (C=O) groups excluding carboxylic acids is 1. The molecule has 21 heavy (non-hydrogen) atoms. The SMILES string of the molecule is CCOC(O)/C(C)=C\C1CCN(C(=O)OC(C)(C)C)CC1. The molecule has 0 aromatic heterocycles. The van der Waals surface area contributed by atoms with Gasteiger partial charge >= 0.3 is 6.09 Å². The molecule has 1 fully saturated rings. The first-order valence-corrected chi connectivity index (χ1v) is 7.69. The lowest BCUT2D eigenvalue weighted by molar-refractivity contribution is -0.0674. The zero-order valence-electron chi connectivity index (χ0n) is 13.9. The lowest BCUT2D eigenvalue weighted by Crippen LogP contribution is -2.41. The van der Waals surface area contributed by atoms with Crippen LogP contribution < -0.4 is 0 Å². The molecule has 5 heteroatoms. The van der Waals surface area contributed by atoms with Crippen molar-refractivity contribution in [2.75, 3.05) is 19.7 Å². The van der Waals surface area contributed by atoms with Gasteiger partial charge in [0.05, 0.1) is 0 Å². The van der Waals surface area contributed by atoms with Gasteiger partial charge in [-0.15, -0.1) is 0 Å². The summed E-state index contributed by atoms with van der Waals surface area (Å²) in [4.78, 5) is 13.7. The van der Waals surface area contributed by atoms with E-state index in [0.717, 1.165) is 18.4 Å². The first-order chi connectivity index (χ1) is 9.73. The van der Waals surface area contributed by atoms with Crippen LogP contribution in [0, 0.1) is 5.92 Å². The van der Waals surface area contributed by atoms with Gasteiger partial charge in [0.1, 0.15) is 5.60 Å². The molecule has 1 N–H and O–H groups in total. The van der Waals surface area contributed by atoms with E-state index in [-0.39, 0.29) is 6.09 Å². The molecule has 1 unspecified atom stereocenters. The van der Waals surface area contributed by atoms with Crippen LogP contribution in [0.1, 0.15) is 47.5 Å².